The minimum absolute atomic E-state index is 0.505. The van der Waals surface area contributed by atoms with E-state index in [9.17, 15) is 0 Å². The Hall–Kier alpha value is -0.480. The third kappa shape index (κ3) is 7.87. The number of rotatable bonds is 5. The maximum atomic E-state index is 3.23. The van der Waals surface area contributed by atoms with Crippen LogP contribution < -0.4 is 0 Å². The zero-order chi connectivity index (χ0) is 10.1. The molecule has 0 aliphatic rings. The Kier molecular flexibility index (Phi) is 7.83. The van der Waals surface area contributed by atoms with Crippen molar-refractivity contribution in [1.29, 1.82) is 0 Å². The first-order valence-corrected chi connectivity index (χ1v) is 5.41. The molecule has 0 saturated carbocycles. The third-order valence-corrected chi connectivity index (χ3v) is 1.77. The molecule has 0 amide bonds. The van der Waals surface area contributed by atoms with Gasteiger partial charge in [0.1, 0.15) is 0 Å². The van der Waals surface area contributed by atoms with E-state index in [2.05, 4.69) is 44.4 Å². The predicted molar refractivity (Wildman–Crippen MR) is 59.6 cm³/mol. The second kappa shape index (κ2) is 8.13. The number of hydrogen-bond donors (Lipinski definition) is 0. The van der Waals surface area contributed by atoms with Crippen molar-refractivity contribution in [3.63, 3.8) is 0 Å². The van der Waals surface area contributed by atoms with Crippen LogP contribution in [0.4, 0.5) is 0 Å². The SMILES string of the molecule is CCCN(CC#CC(C)C)CCC. The highest BCUT2D eigenvalue weighted by atomic mass is 15.1. The summed E-state index contributed by atoms with van der Waals surface area (Å²) < 4.78 is 0. The van der Waals surface area contributed by atoms with E-state index in [1.54, 1.807) is 0 Å². The summed E-state index contributed by atoms with van der Waals surface area (Å²) in [5.74, 6) is 6.94. The molecule has 0 bridgehead atoms. The first-order valence-electron chi connectivity index (χ1n) is 5.41. The van der Waals surface area contributed by atoms with E-state index < -0.39 is 0 Å². The van der Waals surface area contributed by atoms with Crippen molar-refractivity contribution >= 4 is 0 Å². The minimum Gasteiger partial charge on any atom is -0.292 e. The monoisotopic (exact) mass is 181 g/mol. The quantitative estimate of drug-likeness (QED) is 0.589. The molecule has 0 heterocycles. The molecular formula is C12H23N. The second-order valence-electron chi connectivity index (χ2n) is 3.75. The molecule has 0 rings (SSSR count). The van der Waals surface area contributed by atoms with Crippen molar-refractivity contribution in [3.8, 4) is 11.8 Å². The summed E-state index contributed by atoms with van der Waals surface area (Å²) in [4.78, 5) is 2.43. The van der Waals surface area contributed by atoms with Gasteiger partial charge in [0, 0.05) is 5.92 Å². The van der Waals surface area contributed by atoms with E-state index in [0.717, 1.165) is 6.54 Å². The van der Waals surface area contributed by atoms with Crippen LogP contribution in [0, 0.1) is 17.8 Å². The van der Waals surface area contributed by atoms with Gasteiger partial charge in [-0.2, -0.15) is 0 Å². The number of hydrogen-bond acceptors (Lipinski definition) is 1. The molecule has 1 heteroatoms. The lowest BCUT2D eigenvalue weighted by Crippen LogP contribution is -2.25. The molecule has 0 aromatic heterocycles. The molecule has 0 saturated heterocycles. The largest absolute Gasteiger partial charge is 0.292 e. The van der Waals surface area contributed by atoms with Gasteiger partial charge in [0.15, 0.2) is 0 Å². The van der Waals surface area contributed by atoms with Gasteiger partial charge in [-0.1, -0.05) is 39.5 Å². The molecule has 0 aromatic rings. The minimum atomic E-state index is 0.505. The van der Waals surface area contributed by atoms with Gasteiger partial charge in [0.25, 0.3) is 0 Å². The highest BCUT2D eigenvalue weighted by molar-refractivity contribution is 5.03. The van der Waals surface area contributed by atoms with Crippen molar-refractivity contribution in [3.05, 3.63) is 0 Å². The standard InChI is InChI=1S/C12H23N/c1-5-9-13(10-6-2)11-7-8-12(3)4/h12H,5-6,9-11H2,1-4H3. The van der Waals surface area contributed by atoms with Crippen LogP contribution in [0.3, 0.4) is 0 Å². The first-order chi connectivity index (χ1) is 6.20. The second-order valence-corrected chi connectivity index (χ2v) is 3.75. The van der Waals surface area contributed by atoms with Gasteiger partial charge in [0.05, 0.1) is 6.54 Å². The molecule has 0 fully saturated rings. The van der Waals surface area contributed by atoms with Crippen LogP contribution in [-0.4, -0.2) is 24.5 Å². The molecule has 0 aromatic carbocycles. The van der Waals surface area contributed by atoms with Gasteiger partial charge in [-0.05, 0) is 25.9 Å². The molecule has 13 heavy (non-hydrogen) atoms. The smallest absolute Gasteiger partial charge is 0.0601 e. The van der Waals surface area contributed by atoms with Crippen molar-refractivity contribution < 1.29 is 0 Å². The van der Waals surface area contributed by atoms with Crippen molar-refractivity contribution in [2.45, 2.75) is 40.5 Å². The number of nitrogens with zero attached hydrogens (tertiary/aromatic N) is 1. The van der Waals surface area contributed by atoms with Gasteiger partial charge in [-0.3, -0.25) is 4.90 Å². The lowest BCUT2D eigenvalue weighted by Gasteiger charge is -2.17. The fourth-order valence-corrected chi connectivity index (χ4v) is 1.26. The fourth-order valence-electron chi connectivity index (χ4n) is 1.26. The highest BCUT2D eigenvalue weighted by Crippen LogP contribution is 1.93. The van der Waals surface area contributed by atoms with Crippen molar-refractivity contribution in [1.82, 2.24) is 4.90 Å². The molecular weight excluding hydrogens is 158 g/mol. The maximum Gasteiger partial charge on any atom is 0.0601 e. The zero-order valence-corrected chi connectivity index (χ0v) is 9.56. The van der Waals surface area contributed by atoms with Crippen molar-refractivity contribution in [2.24, 2.45) is 5.92 Å². The van der Waals surface area contributed by atoms with Crippen LogP contribution in [0.5, 0.6) is 0 Å². The molecule has 0 N–H and O–H groups in total. The Labute approximate surface area is 83.5 Å². The van der Waals surface area contributed by atoms with Crippen molar-refractivity contribution in [2.75, 3.05) is 19.6 Å². The summed E-state index contributed by atoms with van der Waals surface area (Å²) >= 11 is 0. The summed E-state index contributed by atoms with van der Waals surface area (Å²) in [6.07, 6.45) is 2.45. The van der Waals surface area contributed by atoms with E-state index in [4.69, 9.17) is 0 Å². The summed E-state index contributed by atoms with van der Waals surface area (Å²) in [6, 6.07) is 0. The molecule has 0 unspecified atom stereocenters. The Morgan fingerprint density at radius 3 is 2.00 bits per heavy atom. The molecule has 0 radical (unpaired) electrons. The van der Waals surface area contributed by atoms with Crippen LogP contribution in [0.25, 0.3) is 0 Å². The summed E-state index contributed by atoms with van der Waals surface area (Å²) in [5.41, 5.74) is 0. The lowest BCUT2D eigenvalue weighted by molar-refractivity contribution is 0.308. The van der Waals surface area contributed by atoms with Gasteiger partial charge >= 0.3 is 0 Å². The van der Waals surface area contributed by atoms with Gasteiger partial charge in [-0.15, -0.1) is 0 Å². The van der Waals surface area contributed by atoms with Crippen LogP contribution in [0.2, 0.25) is 0 Å². The third-order valence-electron chi connectivity index (χ3n) is 1.77. The van der Waals surface area contributed by atoms with Gasteiger partial charge in [0.2, 0.25) is 0 Å². The van der Waals surface area contributed by atoms with Crippen LogP contribution in [-0.2, 0) is 0 Å². The lowest BCUT2D eigenvalue weighted by atomic mass is 10.2. The first kappa shape index (κ1) is 12.5. The predicted octanol–water partition coefficient (Wildman–Crippen LogP) is 2.77. The molecule has 76 valence electrons. The van der Waals surface area contributed by atoms with Crippen LogP contribution >= 0.6 is 0 Å². The van der Waals surface area contributed by atoms with Gasteiger partial charge < -0.3 is 0 Å². The average molecular weight is 181 g/mol. The normalized spacial score (nSPS) is 10.3. The highest BCUT2D eigenvalue weighted by Gasteiger charge is 1.98. The Morgan fingerprint density at radius 2 is 1.62 bits per heavy atom. The average Bonchev–Trinajstić information content (AvgIpc) is 2.04. The Balaban J connectivity index is 3.75. The molecule has 1 nitrogen and oxygen atoms in total. The summed E-state index contributed by atoms with van der Waals surface area (Å²) in [6.45, 7) is 12.0. The topological polar surface area (TPSA) is 3.24 Å². The van der Waals surface area contributed by atoms with Gasteiger partial charge in [-0.25, -0.2) is 0 Å². The Morgan fingerprint density at radius 1 is 1.08 bits per heavy atom. The summed E-state index contributed by atoms with van der Waals surface area (Å²) in [7, 11) is 0. The molecule has 0 spiro atoms. The van der Waals surface area contributed by atoms with E-state index in [1.165, 1.54) is 25.9 Å². The Bertz CT molecular complexity index is 156. The van der Waals surface area contributed by atoms with E-state index in [-0.39, 0.29) is 0 Å². The van der Waals surface area contributed by atoms with E-state index >= 15 is 0 Å². The van der Waals surface area contributed by atoms with E-state index in [1.807, 2.05) is 0 Å². The zero-order valence-electron chi connectivity index (χ0n) is 9.56. The molecule has 0 aliphatic carbocycles. The fraction of sp³-hybridized carbons (Fsp3) is 0.833. The van der Waals surface area contributed by atoms with Crippen LogP contribution in [0.15, 0.2) is 0 Å². The van der Waals surface area contributed by atoms with Crippen LogP contribution in [0.1, 0.15) is 40.5 Å². The van der Waals surface area contributed by atoms with E-state index in [0.29, 0.717) is 5.92 Å². The summed E-state index contributed by atoms with van der Waals surface area (Å²) in [5, 5.41) is 0. The maximum absolute atomic E-state index is 3.23. The molecule has 0 atom stereocenters. The molecule has 0 aliphatic heterocycles.